The van der Waals surface area contributed by atoms with Crippen LogP contribution in [0.2, 0.25) is 0 Å². The van der Waals surface area contributed by atoms with E-state index in [0.29, 0.717) is 23.0 Å². The van der Waals surface area contributed by atoms with E-state index in [1.54, 1.807) is 36.5 Å². The molecule has 2 unspecified atom stereocenters. The Kier molecular flexibility index (Phi) is 6.83. The molecule has 4 rings (SSSR count). The predicted octanol–water partition coefficient (Wildman–Crippen LogP) is 3.93. The first-order chi connectivity index (χ1) is 15.0. The van der Waals surface area contributed by atoms with E-state index in [1.807, 2.05) is 4.90 Å². The lowest BCUT2D eigenvalue weighted by Crippen LogP contribution is -2.48. The van der Waals surface area contributed by atoms with Gasteiger partial charge in [0.25, 0.3) is 5.91 Å². The first-order valence-corrected chi connectivity index (χ1v) is 11.1. The van der Waals surface area contributed by atoms with Crippen LogP contribution in [0.4, 0.5) is 15.9 Å². The monoisotopic (exact) mass is 426 g/mol. The molecule has 0 aliphatic carbocycles. The summed E-state index contributed by atoms with van der Waals surface area (Å²) in [5.74, 6) is 0.542. The molecule has 166 valence electrons. The van der Waals surface area contributed by atoms with Crippen molar-refractivity contribution in [2.24, 2.45) is 5.92 Å². The highest BCUT2D eigenvalue weighted by molar-refractivity contribution is 5.99. The van der Waals surface area contributed by atoms with Crippen LogP contribution in [0.3, 0.4) is 0 Å². The summed E-state index contributed by atoms with van der Waals surface area (Å²) >= 11 is 0. The van der Waals surface area contributed by atoms with Crippen LogP contribution in [0, 0.1) is 11.7 Å². The number of amides is 1. The Balaban J connectivity index is 1.36. The minimum absolute atomic E-state index is 0.0565. The average Bonchev–Trinajstić information content (AvgIpc) is 2.75. The number of morpholine rings is 1. The van der Waals surface area contributed by atoms with Gasteiger partial charge in [-0.05, 0) is 56.9 Å². The summed E-state index contributed by atoms with van der Waals surface area (Å²) in [6.45, 7) is 8.73. The molecule has 2 aliphatic rings. The van der Waals surface area contributed by atoms with Gasteiger partial charge in [-0.3, -0.25) is 9.69 Å². The summed E-state index contributed by atoms with van der Waals surface area (Å²) in [5.41, 5.74) is 0.781. The second kappa shape index (κ2) is 9.75. The summed E-state index contributed by atoms with van der Waals surface area (Å²) in [5, 5.41) is 2.98. The zero-order chi connectivity index (χ0) is 21.8. The molecule has 7 heteroatoms. The maximum atomic E-state index is 14.0. The number of para-hydroxylation sites is 1. The van der Waals surface area contributed by atoms with Gasteiger partial charge in [-0.25, -0.2) is 9.37 Å². The minimum Gasteiger partial charge on any atom is -0.373 e. The van der Waals surface area contributed by atoms with Crippen molar-refractivity contribution < 1.29 is 13.9 Å². The summed E-state index contributed by atoms with van der Waals surface area (Å²) < 4.78 is 19.9. The number of benzene rings is 1. The summed E-state index contributed by atoms with van der Waals surface area (Å²) in [7, 11) is 0. The molecule has 6 nitrogen and oxygen atoms in total. The van der Waals surface area contributed by atoms with Gasteiger partial charge in [-0.2, -0.15) is 0 Å². The number of halogens is 1. The fourth-order valence-electron chi connectivity index (χ4n) is 4.66. The van der Waals surface area contributed by atoms with E-state index in [4.69, 9.17) is 4.74 Å². The molecule has 0 saturated carbocycles. The predicted molar refractivity (Wildman–Crippen MR) is 119 cm³/mol. The van der Waals surface area contributed by atoms with E-state index in [9.17, 15) is 9.18 Å². The lowest BCUT2D eigenvalue weighted by Gasteiger charge is -2.39. The van der Waals surface area contributed by atoms with Crippen LogP contribution in [0.15, 0.2) is 42.6 Å². The minimum atomic E-state index is -0.376. The number of ether oxygens (including phenoxy) is 1. The van der Waals surface area contributed by atoms with Gasteiger partial charge in [0.2, 0.25) is 0 Å². The fourth-order valence-corrected chi connectivity index (χ4v) is 4.66. The molecule has 2 fully saturated rings. The number of rotatable bonds is 5. The second-order valence-electron chi connectivity index (χ2n) is 8.72. The molecule has 1 aromatic heterocycles. The summed E-state index contributed by atoms with van der Waals surface area (Å²) in [4.78, 5) is 21.9. The van der Waals surface area contributed by atoms with Gasteiger partial charge in [0.05, 0.1) is 23.5 Å². The molecule has 0 radical (unpaired) electrons. The Bertz CT molecular complexity index is 891. The molecule has 1 aromatic carbocycles. The largest absolute Gasteiger partial charge is 0.373 e. The first kappa shape index (κ1) is 21.7. The molecule has 31 heavy (non-hydrogen) atoms. The lowest BCUT2D eigenvalue weighted by atomic mass is 9.95. The molecule has 2 saturated heterocycles. The van der Waals surface area contributed by atoms with E-state index in [1.165, 1.54) is 6.07 Å². The van der Waals surface area contributed by atoms with Crippen molar-refractivity contribution >= 4 is 17.4 Å². The number of hydrogen-bond donors (Lipinski definition) is 1. The zero-order valence-corrected chi connectivity index (χ0v) is 18.3. The van der Waals surface area contributed by atoms with E-state index >= 15 is 0 Å². The van der Waals surface area contributed by atoms with Crippen LogP contribution >= 0.6 is 0 Å². The highest BCUT2D eigenvalue weighted by atomic mass is 19.1. The van der Waals surface area contributed by atoms with E-state index in [-0.39, 0.29) is 23.9 Å². The molecule has 2 aliphatic heterocycles. The van der Waals surface area contributed by atoms with Crippen LogP contribution in [0.25, 0.3) is 0 Å². The molecular formula is C24H31FN4O2. The highest BCUT2D eigenvalue weighted by Gasteiger charge is 2.29. The molecule has 0 spiro atoms. The van der Waals surface area contributed by atoms with Crippen molar-refractivity contribution in [1.82, 2.24) is 14.8 Å². The fraction of sp³-hybridized carbons (Fsp3) is 0.500. The Morgan fingerprint density at radius 1 is 1.13 bits per heavy atom. The Labute approximate surface area is 183 Å². The highest BCUT2D eigenvalue weighted by Crippen LogP contribution is 2.25. The standard InChI is InChI=1S/C24H31FN4O2/c1-17-14-28(15-18(2)31-17)16-19-9-12-29(13-10-19)24(30)20-6-5-11-26-23(20)27-22-8-4-3-7-21(22)25/h3-8,11,17-19H,9-10,12-16H2,1-2H3,(H,26,27). The van der Waals surface area contributed by atoms with Crippen LogP contribution in [-0.2, 0) is 4.74 Å². The lowest BCUT2D eigenvalue weighted by molar-refractivity contribution is -0.0728. The number of nitrogens with one attached hydrogen (secondary N) is 1. The zero-order valence-electron chi connectivity index (χ0n) is 18.3. The smallest absolute Gasteiger partial charge is 0.257 e. The molecular weight excluding hydrogens is 395 g/mol. The van der Waals surface area contributed by atoms with E-state index in [2.05, 4.69) is 29.0 Å². The summed E-state index contributed by atoms with van der Waals surface area (Å²) in [6, 6.07) is 9.89. The van der Waals surface area contributed by atoms with Crippen molar-refractivity contribution in [3.05, 3.63) is 54.0 Å². The van der Waals surface area contributed by atoms with Crippen LogP contribution in [-0.4, -0.2) is 65.6 Å². The average molecular weight is 427 g/mol. The number of likely N-dealkylation sites (tertiary alicyclic amines) is 1. The normalized spacial score (nSPS) is 23.0. The molecule has 1 amide bonds. The molecule has 1 N–H and O–H groups in total. The van der Waals surface area contributed by atoms with Crippen molar-refractivity contribution in [2.75, 3.05) is 38.0 Å². The number of hydrogen-bond acceptors (Lipinski definition) is 5. The maximum Gasteiger partial charge on any atom is 0.257 e. The number of anilines is 2. The number of nitrogens with zero attached hydrogens (tertiary/aromatic N) is 3. The SMILES string of the molecule is CC1CN(CC2CCN(C(=O)c3cccnc3Nc3ccccc3F)CC2)CC(C)O1. The Hall–Kier alpha value is -2.51. The van der Waals surface area contributed by atoms with E-state index < -0.39 is 0 Å². The third-order valence-corrected chi connectivity index (χ3v) is 6.08. The summed E-state index contributed by atoms with van der Waals surface area (Å²) in [6.07, 6.45) is 4.13. The third-order valence-electron chi connectivity index (χ3n) is 6.08. The van der Waals surface area contributed by atoms with Gasteiger partial charge in [0, 0.05) is 38.9 Å². The van der Waals surface area contributed by atoms with Crippen molar-refractivity contribution in [2.45, 2.75) is 38.9 Å². The quantitative estimate of drug-likeness (QED) is 0.785. The topological polar surface area (TPSA) is 57.7 Å². The van der Waals surface area contributed by atoms with Crippen molar-refractivity contribution in [3.63, 3.8) is 0 Å². The van der Waals surface area contributed by atoms with Crippen LogP contribution in [0.1, 0.15) is 37.0 Å². The van der Waals surface area contributed by atoms with Gasteiger partial charge in [0.15, 0.2) is 0 Å². The number of carbonyl (C=O) groups excluding carboxylic acids is 1. The first-order valence-electron chi connectivity index (χ1n) is 11.1. The Morgan fingerprint density at radius 2 is 1.84 bits per heavy atom. The van der Waals surface area contributed by atoms with Crippen LogP contribution in [0.5, 0.6) is 0 Å². The molecule has 2 aromatic rings. The van der Waals surface area contributed by atoms with Gasteiger partial charge >= 0.3 is 0 Å². The van der Waals surface area contributed by atoms with Crippen molar-refractivity contribution in [1.29, 1.82) is 0 Å². The Morgan fingerprint density at radius 3 is 2.55 bits per heavy atom. The van der Waals surface area contributed by atoms with E-state index in [0.717, 1.165) is 45.6 Å². The van der Waals surface area contributed by atoms with Crippen molar-refractivity contribution in [3.8, 4) is 0 Å². The number of aromatic nitrogens is 1. The molecule has 2 atom stereocenters. The molecule has 3 heterocycles. The molecule has 0 bridgehead atoms. The van der Waals surface area contributed by atoms with Gasteiger partial charge in [0.1, 0.15) is 11.6 Å². The van der Waals surface area contributed by atoms with Crippen LogP contribution < -0.4 is 5.32 Å². The number of carbonyl (C=O) groups is 1. The third kappa shape index (κ3) is 5.40. The number of piperidine rings is 1. The maximum absolute atomic E-state index is 14.0. The van der Waals surface area contributed by atoms with Gasteiger partial charge in [-0.15, -0.1) is 0 Å². The second-order valence-corrected chi connectivity index (χ2v) is 8.72. The number of pyridine rings is 1. The van der Waals surface area contributed by atoms with Gasteiger partial charge in [-0.1, -0.05) is 12.1 Å². The van der Waals surface area contributed by atoms with Gasteiger partial charge < -0.3 is 15.0 Å².